The number of benzene rings is 1. The Labute approximate surface area is 151 Å². The Kier molecular flexibility index (Phi) is 6.74. The molecule has 1 aromatic carbocycles. The van der Waals surface area contributed by atoms with E-state index in [1.807, 2.05) is 0 Å². The van der Waals surface area contributed by atoms with Crippen molar-refractivity contribution in [3.63, 3.8) is 0 Å². The molecule has 138 valence electrons. The normalized spacial score (nSPS) is 20.3. The van der Waals surface area contributed by atoms with Crippen LogP contribution < -0.4 is 10.2 Å². The van der Waals surface area contributed by atoms with Gasteiger partial charge in [-0.1, -0.05) is 37.8 Å². The molecule has 0 aromatic heterocycles. The number of nitrogens with one attached hydrogen (secondary N) is 1. The third-order valence-corrected chi connectivity index (χ3v) is 5.87. The zero-order chi connectivity index (χ0) is 17.5. The lowest BCUT2D eigenvalue weighted by molar-refractivity contribution is -0.125. The largest absolute Gasteiger partial charge is 0.396 e. The van der Waals surface area contributed by atoms with Crippen LogP contribution in [-0.2, 0) is 11.3 Å². The third kappa shape index (κ3) is 5.21. The highest BCUT2D eigenvalue weighted by molar-refractivity contribution is 5.78. The number of hydrogen-bond acceptors (Lipinski definition) is 3. The maximum atomic E-state index is 12.4. The summed E-state index contributed by atoms with van der Waals surface area (Å²) in [6.07, 6.45) is 9.18. The Morgan fingerprint density at radius 3 is 2.24 bits per heavy atom. The molecule has 1 amide bonds. The van der Waals surface area contributed by atoms with E-state index < -0.39 is 0 Å². The highest BCUT2D eigenvalue weighted by Gasteiger charge is 2.20. The molecule has 0 spiro atoms. The molecule has 2 fully saturated rings. The summed E-state index contributed by atoms with van der Waals surface area (Å²) >= 11 is 0. The summed E-state index contributed by atoms with van der Waals surface area (Å²) in [5.74, 6) is 0.918. The fraction of sp³-hybridized carbons (Fsp3) is 0.667. The van der Waals surface area contributed by atoms with Crippen LogP contribution >= 0.6 is 0 Å². The van der Waals surface area contributed by atoms with E-state index in [1.165, 1.54) is 31.4 Å². The highest BCUT2D eigenvalue weighted by Crippen LogP contribution is 2.24. The lowest BCUT2D eigenvalue weighted by Gasteiger charge is -2.33. The van der Waals surface area contributed by atoms with Crippen LogP contribution in [0.5, 0.6) is 0 Å². The zero-order valence-corrected chi connectivity index (χ0v) is 15.3. The predicted molar refractivity (Wildman–Crippen MR) is 102 cm³/mol. The average molecular weight is 344 g/mol. The maximum Gasteiger partial charge on any atom is 0.223 e. The van der Waals surface area contributed by atoms with Crippen LogP contribution in [0.25, 0.3) is 0 Å². The van der Waals surface area contributed by atoms with Crippen molar-refractivity contribution >= 4 is 11.6 Å². The first-order chi connectivity index (χ1) is 12.3. The van der Waals surface area contributed by atoms with Crippen molar-refractivity contribution in [2.45, 2.75) is 57.9 Å². The maximum absolute atomic E-state index is 12.4. The van der Waals surface area contributed by atoms with E-state index in [9.17, 15) is 9.90 Å². The zero-order valence-electron chi connectivity index (χ0n) is 15.3. The molecule has 1 aromatic rings. The SMILES string of the molecule is O=C(NCc1ccc(N2CCC(CO)CC2)cc1)C1CCCCCC1. The lowest BCUT2D eigenvalue weighted by atomic mass is 9.97. The van der Waals surface area contributed by atoms with Crippen LogP contribution in [0.2, 0.25) is 0 Å². The number of piperidine rings is 1. The first-order valence-electron chi connectivity index (χ1n) is 9.98. The fourth-order valence-corrected chi connectivity index (χ4v) is 4.07. The number of carbonyl (C=O) groups is 1. The molecule has 0 bridgehead atoms. The fourth-order valence-electron chi connectivity index (χ4n) is 4.07. The van der Waals surface area contributed by atoms with Crippen molar-refractivity contribution in [3.05, 3.63) is 29.8 Å². The second-order valence-electron chi connectivity index (χ2n) is 7.69. The Bertz CT molecular complexity index is 527. The van der Waals surface area contributed by atoms with Gasteiger partial charge in [0.2, 0.25) is 5.91 Å². The van der Waals surface area contributed by atoms with Crippen molar-refractivity contribution in [2.75, 3.05) is 24.6 Å². The molecular weight excluding hydrogens is 312 g/mol. The van der Waals surface area contributed by atoms with Crippen molar-refractivity contribution in [2.24, 2.45) is 11.8 Å². The Balaban J connectivity index is 1.46. The number of anilines is 1. The van der Waals surface area contributed by atoms with E-state index in [-0.39, 0.29) is 11.8 Å². The first-order valence-corrected chi connectivity index (χ1v) is 9.98. The van der Waals surface area contributed by atoms with Gasteiger partial charge in [-0.05, 0) is 49.3 Å². The molecule has 1 aliphatic carbocycles. The van der Waals surface area contributed by atoms with Crippen LogP contribution in [0.15, 0.2) is 24.3 Å². The van der Waals surface area contributed by atoms with Gasteiger partial charge in [0.05, 0.1) is 0 Å². The molecule has 3 rings (SSSR count). The molecule has 1 saturated carbocycles. The number of amides is 1. The van der Waals surface area contributed by atoms with Crippen LogP contribution in [0.3, 0.4) is 0 Å². The summed E-state index contributed by atoms with van der Waals surface area (Å²) in [4.78, 5) is 14.7. The van der Waals surface area contributed by atoms with Gasteiger partial charge in [0.25, 0.3) is 0 Å². The summed E-state index contributed by atoms with van der Waals surface area (Å²) < 4.78 is 0. The molecular formula is C21H32N2O2. The van der Waals surface area contributed by atoms with E-state index in [4.69, 9.17) is 0 Å². The molecule has 1 aliphatic heterocycles. The number of carbonyl (C=O) groups excluding carboxylic acids is 1. The van der Waals surface area contributed by atoms with E-state index in [1.54, 1.807) is 0 Å². The highest BCUT2D eigenvalue weighted by atomic mass is 16.3. The molecule has 4 nitrogen and oxygen atoms in total. The molecule has 2 N–H and O–H groups in total. The monoisotopic (exact) mass is 344 g/mol. The van der Waals surface area contributed by atoms with Gasteiger partial charge < -0.3 is 15.3 Å². The topological polar surface area (TPSA) is 52.6 Å². The minimum atomic E-state index is 0.217. The molecule has 0 radical (unpaired) electrons. The number of nitrogens with zero attached hydrogens (tertiary/aromatic N) is 1. The molecule has 4 heteroatoms. The number of aliphatic hydroxyl groups excluding tert-OH is 1. The van der Waals surface area contributed by atoms with Gasteiger partial charge in [-0.25, -0.2) is 0 Å². The second kappa shape index (κ2) is 9.23. The molecule has 25 heavy (non-hydrogen) atoms. The van der Waals surface area contributed by atoms with E-state index >= 15 is 0 Å². The summed E-state index contributed by atoms with van der Waals surface area (Å²) in [5.41, 5.74) is 2.41. The van der Waals surface area contributed by atoms with Crippen LogP contribution in [0.4, 0.5) is 5.69 Å². The van der Waals surface area contributed by atoms with Crippen molar-refractivity contribution in [1.29, 1.82) is 0 Å². The number of aliphatic hydroxyl groups is 1. The van der Waals surface area contributed by atoms with Crippen LogP contribution in [0, 0.1) is 11.8 Å². The Morgan fingerprint density at radius 2 is 1.64 bits per heavy atom. The Hall–Kier alpha value is -1.55. The molecule has 2 aliphatic rings. The van der Waals surface area contributed by atoms with E-state index in [0.29, 0.717) is 19.1 Å². The first kappa shape index (κ1) is 18.2. The van der Waals surface area contributed by atoms with Gasteiger partial charge in [0.1, 0.15) is 0 Å². The van der Waals surface area contributed by atoms with Crippen molar-refractivity contribution in [3.8, 4) is 0 Å². The predicted octanol–water partition coefficient (Wildman–Crippen LogP) is 3.48. The molecule has 0 atom stereocenters. The van der Waals surface area contributed by atoms with Crippen LogP contribution in [0.1, 0.15) is 56.9 Å². The smallest absolute Gasteiger partial charge is 0.223 e. The van der Waals surface area contributed by atoms with E-state index in [2.05, 4.69) is 34.5 Å². The van der Waals surface area contributed by atoms with Crippen molar-refractivity contribution in [1.82, 2.24) is 5.32 Å². The molecule has 1 saturated heterocycles. The van der Waals surface area contributed by atoms with Gasteiger partial charge in [-0.2, -0.15) is 0 Å². The van der Waals surface area contributed by atoms with Crippen molar-refractivity contribution < 1.29 is 9.90 Å². The standard InChI is InChI=1S/C21H32N2O2/c24-16-18-11-13-23(14-12-18)20-9-7-17(8-10-20)15-22-21(25)19-5-3-1-2-4-6-19/h7-10,18-19,24H,1-6,11-16H2,(H,22,25). The quantitative estimate of drug-likeness (QED) is 0.804. The van der Waals surface area contributed by atoms with Crippen LogP contribution in [-0.4, -0.2) is 30.7 Å². The molecule has 0 unspecified atom stereocenters. The minimum absolute atomic E-state index is 0.217. The van der Waals surface area contributed by atoms with E-state index in [0.717, 1.165) is 44.3 Å². The van der Waals surface area contributed by atoms with Gasteiger partial charge in [0.15, 0.2) is 0 Å². The second-order valence-corrected chi connectivity index (χ2v) is 7.69. The van der Waals surface area contributed by atoms with Gasteiger partial charge in [-0.15, -0.1) is 0 Å². The summed E-state index contributed by atoms with van der Waals surface area (Å²) in [6, 6.07) is 8.57. The summed E-state index contributed by atoms with van der Waals surface area (Å²) in [5, 5.41) is 12.4. The summed E-state index contributed by atoms with van der Waals surface area (Å²) in [7, 11) is 0. The summed E-state index contributed by atoms with van der Waals surface area (Å²) in [6.45, 7) is 2.97. The number of hydrogen-bond donors (Lipinski definition) is 2. The van der Waals surface area contributed by atoms with Gasteiger partial charge in [-0.3, -0.25) is 4.79 Å². The average Bonchev–Trinajstić information content (AvgIpc) is 2.96. The minimum Gasteiger partial charge on any atom is -0.396 e. The molecule has 1 heterocycles. The lowest BCUT2D eigenvalue weighted by Crippen LogP contribution is -2.34. The van der Waals surface area contributed by atoms with Gasteiger partial charge >= 0.3 is 0 Å². The number of rotatable bonds is 5. The van der Waals surface area contributed by atoms with Gasteiger partial charge in [0, 0.05) is 37.8 Å². The Morgan fingerprint density at radius 1 is 1.00 bits per heavy atom. The third-order valence-electron chi connectivity index (χ3n) is 5.87.